The van der Waals surface area contributed by atoms with Crippen molar-refractivity contribution in [2.24, 2.45) is 0 Å². The summed E-state index contributed by atoms with van der Waals surface area (Å²) in [6.45, 7) is 4.21. The Bertz CT molecular complexity index is 1520. The lowest BCUT2D eigenvalue weighted by Crippen LogP contribution is -2.52. The van der Waals surface area contributed by atoms with Gasteiger partial charge in [-0.2, -0.15) is 0 Å². The minimum Gasteiger partial charge on any atom is -0.352 e. The van der Waals surface area contributed by atoms with Gasteiger partial charge in [0.05, 0.1) is 11.9 Å². The number of carbonyl (C=O) groups is 2. The lowest BCUT2D eigenvalue weighted by atomic mass is 9.94. The summed E-state index contributed by atoms with van der Waals surface area (Å²) in [5.74, 6) is -0.372. The number of nitrogens with zero attached hydrogens (tertiary/aromatic N) is 2. The van der Waals surface area contributed by atoms with Crippen LogP contribution >= 0.6 is 11.6 Å². The van der Waals surface area contributed by atoms with Crippen molar-refractivity contribution in [2.75, 3.05) is 17.1 Å². The fraction of sp³-hybridized carbons (Fsp3) is 0.429. The van der Waals surface area contributed by atoms with Gasteiger partial charge in [0.15, 0.2) is 0 Å². The van der Waals surface area contributed by atoms with Crippen molar-refractivity contribution in [1.82, 2.24) is 10.2 Å². The van der Waals surface area contributed by atoms with E-state index in [-0.39, 0.29) is 37.4 Å². The van der Waals surface area contributed by atoms with Gasteiger partial charge in [-0.1, -0.05) is 85.5 Å². The van der Waals surface area contributed by atoms with Crippen LogP contribution in [0.1, 0.15) is 67.2 Å². The molecule has 9 heteroatoms. The molecule has 1 atom stereocenters. The van der Waals surface area contributed by atoms with Crippen molar-refractivity contribution < 1.29 is 18.0 Å². The van der Waals surface area contributed by atoms with E-state index in [1.807, 2.05) is 74.5 Å². The Labute approximate surface area is 267 Å². The molecule has 0 saturated heterocycles. The van der Waals surface area contributed by atoms with Gasteiger partial charge in [-0.3, -0.25) is 13.9 Å². The van der Waals surface area contributed by atoms with Gasteiger partial charge in [0.25, 0.3) is 0 Å². The fourth-order valence-corrected chi connectivity index (χ4v) is 7.15. The van der Waals surface area contributed by atoms with Crippen LogP contribution in [0.5, 0.6) is 0 Å². The monoisotopic (exact) mass is 637 g/mol. The summed E-state index contributed by atoms with van der Waals surface area (Å²) in [7, 11) is -3.59. The molecule has 0 radical (unpaired) electrons. The lowest BCUT2D eigenvalue weighted by molar-refractivity contribution is -0.141. The molecule has 2 amide bonds. The van der Waals surface area contributed by atoms with Crippen molar-refractivity contribution in [3.8, 4) is 0 Å². The average Bonchev–Trinajstić information content (AvgIpc) is 2.99. The number of aryl methyl sites for hydroxylation is 1. The molecule has 3 aromatic carbocycles. The Balaban J connectivity index is 1.60. The smallest absolute Gasteiger partial charge is 0.243 e. The summed E-state index contributed by atoms with van der Waals surface area (Å²) in [6, 6.07) is 22.0. The molecule has 236 valence electrons. The van der Waals surface area contributed by atoms with Gasteiger partial charge in [0.1, 0.15) is 6.04 Å². The van der Waals surface area contributed by atoms with Crippen LogP contribution in [0, 0.1) is 13.8 Å². The molecule has 1 N–H and O–H groups in total. The first kappa shape index (κ1) is 33.5. The number of benzene rings is 3. The highest BCUT2D eigenvalue weighted by Crippen LogP contribution is 2.26. The molecule has 3 aromatic rings. The van der Waals surface area contributed by atoms with Crippen molar-refractivity contribution in [3.05, 3.63) is 100 Å². The summed E-state index contributed by atoms with van der Waals surface area (Å²) in [5.41, 5.74) is 4.27. The van der Waals surface area contributed by atoms with Gasteiger partial charge in [0, 0.05) is 37.0 Å². The molecular weight excluding hydrogens is 594 g/mol. The molecule has 1 aliphatic rings. The second-order valence-electron chi connectivity index (χ2n) is 11.9. The first-order chi connectivity index (χ1) is 21.0. The van der Waals surface area contributed by atoms with Crippen LogP contribution in [0.2, 0.25) is 5.02 Å². The molecule has 1 fully saturated rings. The molecule has 7 nitrogen and oxygen atoms in total. The summed E-state index contributed by atoms with van der Waals surface area (Å²) >= 11 is 6.31. The van der Waals surface area contributed by atoms with Crippen LogP contribution in [0.25, 0.3) is 0 Å². The summed E-state index contributed by atoms with van der Waals surface area (Å²) in [5, 5.41) is 3.81. The normalized spacial score (nSPS) is 14.5. The first-order valence-corrected chi connectivity index (χ1v) is 17.7. The third kappa shape index (κ3) is 9.32. The highest BCUT2D eigenvalue weighted by Gasteiger charge is 2.32. The van der Waals surface area contributed by atoms with Crippen LogP contribution < -0.4 is 9.62 Å². The van der Waals surface area contributed by atoms with Gasteiger partial charge in [-0.15, -0.1) is 0 Å². The number of anilines is 1. The van der Waals surface area contributed by atoms with Crippen LogP contribution in [0.15, 0.2) is 72.8 Å². The lowest BCUT2D eigenvalue weighted by Gasteiger charge is -2.34. The van der Waals surface area contributed by atoms with E-state index in [0.29, 0.717) is 23.6 Å². The highest BCUT2D eigenvalue weighted by molar-refractivity contribution is 7.92. The van der Waals surface area contributed by atoms with E-state index in [1.165, 1.54) is 17.0 Å². The van der Waals surface area contributed by atoms with E-state index in [4.69, 9.17) is 11.6 Å². The average molecular weight is 638 g/mol. The Hall–Kier alpha value is -3.36. The molecule has 1 aliphatic carbocycles. The second-order valence-corrected chi connectivity index (χ2v) is 14.2. The van der Waals surface area contributed by atoms with E-state index in [0.717, 1.165) is 47.9 Å². The molecular formula is C35H44ClN3O4S. The molecule has 1 saturated carbocycles. The standard InChI is InChI=1S/C35H44ClN3O4S/c1-26-13-10-20-32(27(26)2)39(44(3,42)43)22-12-21-34(40)38(25-29-16-11-17-30(36)23-29)33(24-28-14-6-4-7-15-28)35(41)37-31-18-8-5-9-19-31/h4,6-7,10-11,13-17,20,23,31,33H,5,8-9,12,18-19,21-22,24-25H2,1-3H3,(H,37,41). The number of hydrogen-bond acceptors (Lipinski definition) is 4. The zero-order chi connectivity index (χ0) is 31.7. The topological polar surface area (TPSA) is 86.8 Å². The van der Waals surface area contributed by atoms with E-state index in [2.05, 4.69) is 5.32 Å². The Morgan fingerprint density at radius 1 is 0.932 bits per heavy atom. The van der Waals surface area contributed by atoms with Crippen molar-refractivity contribution in [2.45, 2.75) is 83.8 Å². The third-order valence-electron chi connectivity index (χ3n) is 8.46. The molecule has 0 aliphatic heterocycles. The molecule has 1 unspecified atom stereocenters. The Morgan fingerprint density at radius 3 is 2.30 bits per heavy atom. The van der Waals surface area contributed by atoms with Gasteiger partial charge in [-0.05, 0) is 73.6 Å². The van der Waals surface area contributed by atoms with Gasteiger partial charge in [0.2, 0.25) is 21.8 Å². The van der Waals surface area contributed by atoms with E-state index >= 15 is 0 Å². The second kappa shape index (κ2) is 15.6. The predicted molar refractivity (Wildman–Crippen MR) is 178 cm³/mol. The largest absolute Gasteiger partial charge is 0.352 e. The minimum absolute atomic E-state index is 0.0828. The number of sulfonamides is 1. The van der Waals surface area contributed by atoms with Crippen LogP contribution in [-0.2, 0) is 32.6 Å². The van der Waals surface area contributed by atoms with Crippen molar-refractivity contribution in [1.29, 1.82) is 0 Å². The van der Waals surface area contributed by atoms with E-state index in [9.17, 15) is 18.0 Å². The molecule has 0 bridgehead atoms. The molecule has 44 heavy (non-hydrogen) atoms. The summed E-state index contributed by atoms with van der Waals surface area (Å²) in [4.78, 5) is 29.7. The number of rotatable bonds is 13. The zero-order valence-corrected chi connectivity index (χ0v) is 27.5. The number of hydrogen-bond donors (Lipinski definition) is 1. The maximum atomic E-state index is 14.1. The van der Waals surface area contributed by atoms with Gasteiger partial charge in [-0.25, -0.2) is 8.42 Å². The van der Waals surface area contributed by atoms with Gasteiger partial charge < -0.3 is 10.2 Å². The highest BCUT2D eigenvalue weighted by atomic mass is 35.5. The zero-order valence-electron chi connectivity index (χ0n) is 26.0. The summed E-state index contributed by atoms with van der Waals surface area (Å²) in [6.07, 6.45) is 7.14. The number of amides is 2. The maximum absolute atomic E-state index is 14.1. The summed E-state index contributed by atoms with van der Waals surface area (Å²) < 4.78 is 27.0. The number of nitrogens with one attached hydrogen (secondary N) is 1. The maximum Gasteiger partial charge on any atom is 0.243 e. The van der Waals surface area contributed by atoms with Crippen molar-refractivity contribution in [3.63, 3.8) is 0 Å². The van der Waals surface area contributed by atoms with Gasteiger partial charge >= 0.3 is 0 Å². The first-order valence-electron chi connectivity index (χ1n) is 15.4. The molecule has 0 spiro atoms. The van der Waals surface area contributed by atoms with E-state index < -0.39 is 16.1 Å². The predicted octanol–water partition coefficient (Wildman–Crippen LogP) is 6.59. The third-order valence-corrected chi connectivity index (χ3v) is 9.88. The SMILES string of the molecule is Cc1cccc(N(CCCC(=O)N(Cc2cccc(Cl)c2)C(Cc2ccccc2)C(=O)NC2CCCCC2)S(C)(=O)=O)c1C. The van der Waals surface area contributed by atoms with Crippen LogP contribution in [0.4, 0.5) is 5.69 Å². The molecule has 0 heterocycles. The number of carbonyl (C=O) groups excluding carboxylic acids is 2. The van der Waals surface area contributed by atoms with Crippen LogP contribution in [-0.4, -0.2) is 50.0 Å². The number of halogens is 1. The quantitative estimate of drug-likeness (QED) is 0.229. The fourth-order valence-electron chi connectivity index (χ4n) is 5.92. The Morgan fingerprint density at radius 2 is 1.61 bits per heavy atom. The van der Waals surface area contributed by atoms with E-state index in [1.54, 1.807) is 17.0 Å². The minimum atomic E-state index is -3.59. The molecule has 0 aromatic heterocycles. The van der Waals surface area contributed by atoms with Crippen LogP contribution in [0.3, 0.4) is 0 Å². The Kier molecular flexibility index (Phi) is 11.9. The van der Waals surface area contributed by atoms with Crippen molar-refractivity contribution >= 4 is 39.1 Å². The molecule has 4 rings (SSSR count).